The summed E-state index contributed by atoms with van der Waals surface area (Å²) < 4.78 is 0. The second-order valence-electron chi connectivity index (χ2n) is 3.18. The van der Waals surface area contributed by atoms with Crippen molar-refractivity contribution in [1.82, 2.24) is 5.32 Å². The normalized spacial score (nSPS) is 29.1. The number of carboxylic acid groups (broad SMARTS) is 1. The summed E-state index contributed by atoms with van der Waals surface area (Å²) in [6, 6.07) is 0.547. The van der Waals surface area contributed by atoms with Crippen LogP contribution in [0.5, 0.6) is 0 Å². The van der Waals surface area contributed by atoms with E-state index in [9.17, 15) is 4.79 Å². The van der Waals surface area contributed by atoms with Crippen molar-refractivity contribution in [3.63, 3.8) is 0 Å². The molecule has 0 aliphatic heterocycles. The molecular formula is C8H16ClNO2. The molecule has 0 radical (unpaired) electrons. The van der Waals surface area contributed by atoms with E-state index in [0.717, 1.165) is 25.7 Å². The van der Waals surface area contributed by atoms with E-state index < -0.39 is 5.97 Å². The Hall–Kier alpha value is -0.280. The van der Waals surface area contributed by atoms with Gasteiger partial charge in [0.25, 0.3) is 0 Å². The van der Waals surface area contributed by atoms with Crippen molar-refractivity contribution in [2.45, 2.75) is 31.7 Å². The average molecular weight is 194 g/mol. The summed E-state index contributed by atoms with van der Waals surface area (Å²) in [6.45, 7) is 0. The predicted octanol–water partition coefficient (Wildman–Crippen LogP) is 1.27. The number of rotatable bonds is 2. The molecule has 4 heteroatoms. The van der Waals surface area contributed by atoms with Crippen LogP contribution in [-0.2, 0) is 4.79 Å². The molecule has 0 heterocycles. The second kappa shape index (κ2) is 5.38. The van der Waals surface area contributed by atoms with Crippen LogP contribution in [0.3, 0.4) is 0 Å². The van der Waals surface area contributed by atoms with Crippen molar-refractivity contribution in [3.05, 3.63) is 0 Å². The van der Waals surface area contributed by atoms with Crippen LogP contribution in [0.4, 0.5) is 0 Å². The molecule has 72 valence electrons. The van der Waals surface area contributed by atoms with Crippen molar-refractivity contribution in [1.29, 1.82) is 0 Å². The highest BCUT2D eigenvalue weighted by molar-refractivity contribution is 5.85. The Morgan fingerprint density at radius 3 is 2.17 bits per heavy atom. The van der Waals surface area contributed by atoms with Crippen LogP contribution in [0.1, 0.15) is 25.7 Å². The molecule has 0 aromatic rings. The zero-order chi connectivity index (χ0) is 8.27. The van der Waals surface area contributed by atoms with Crippen LogP contribution < -0.4 is 5.32 Å². The van der Waals surface area contributed by atoms with Crippen molar-refractivity contribution in [3.8, 4) is 0 Å². The highest BCUT2D eigenvalue weighted by atomic mass is 35.5. The molecule has 0 saturated heterocycles. The maximum Gasteiger partial charge on any atom is 0.306 e. The molecule has 1 rings (SSSR count). The minimum atomic E-state index is -0.625. The van der Waals surface area contributed by atoms with E-state index in [1.807, 2.05) is 7.05 Å². The first kappa shape index (κ1) is 11.7. The number of carboxylic acids is 1. The summed E-state index contributed by atoms with van der Waals surface area (Å²) in [5.41, 5.74) is 0. The fourth-order valence-electron chi connectivity index (χ4n) is 1.63. The van der Waals surface area contributed by atoms with Gasteiger partial charge >= 0.3 is 5.97 Å². The lowest BCUT2D eigenvalue weighted by atomic mass is 9.86. The van der Waals surface area contributed by atoms with Gasteiger partial charge in [-0.3, -0.25) is 4.79 Å². The van der Waals surface area contributed by atoms with E-state index >= 15 is 0 Å². The van der Waals surface area contributed by atoms with Gasteiger partial charge in [-0.25, -0.2) is 0 Å². The van der Waals surface area contributed by atoms with Gasteiger partial charge in [-0.1, -0.05) is 0 Å². The Balaban J connectivity index is 0.00000121. The first-order valence-corrected chi connectivity index (χ1v) is 4.14. The van der Waals surface area contributed by atoms with Gasteiger partial charge in [0.1, 0.15) is 0 Å². The molecule has 1 aliphatic carbocycles. The topological polar surface area (TPSA) is 49.3 Å². The minimum absolute atomic E-state index is 0. The third kappa shape index (κ3) is 2.99. The number of hydrogen-bond acceptors (Lipinski definition) is 2. The van der Waals surface area contributed by atoms with E-state index in [1.165, 1.54) is 0 Å². The lowest BCUT2D eigenvalue weighted by Gasteiger charge is -2.25. The average Bonchev–Trinajstić information content (AvgIpc) is 2.05. The second-order valence-corrected chi connectivity index (χ2v) is 3.18. The molecule has 1 fully saturated rings. The molecule has 1 aliphatic rings. The van der Waals surface area contributed by atoms with Gasteiger partial charge in [0, 0.05) is 6.04 Å². The van der Waals surface area contributed by atoms with Gasteiger partial charge in [0.05, 0.1) is 5.92 Å². The molecule has 0 atom stereocenters. The van der Waals surface area contributed by atoms with Crippen LogP contribution in [-0.4, -0.2) is 24.2 Å². The molecular weight excluding hydrogens is 178 g/mol. The van der Waals surface area contributed by atoms with E-state index in [0.29, 0.717) is 6.04 Å². The molecule has 12 heavy (non-hydrogen) atoms. The van der Waals surface area contributed by atoms with Crippen LogP contribution in [0.15, 0.2) is 0 Å². The molecule has 2 N–H and O–H groups in total. The van der Waals surface area contributed by atoms with Gasteiger partial charge in [0.2, 0.25) is 0 Å². The summed E-state index contributed by atoms with van der Waals surface area (Å²) in [4.78, 5) is 10.5. The molecule has 0 spiro atoms. The van der Waals surface area contributed by atoms with Crippen molar-refractivity contribution < 1.29 is 9.90 Å². The van der Waals surface area contributed by atoms with Crippen LogP contribution in [0, 0.1) is 5.92 Å². The third-order valence-corrected chi connectivity index (χ3v) is 2.48. The molecule has 3 nitrogen and oxygen atoms in total. The molecule has 0 unspecified atom stereocenters. The zero-order valence-electron chi connectivity index (χ0n) is 7.25. The fourth-order valence-corrected chi connectivity index (χ4v) is 1.63. The van der Waals surface area contributed by atoms with Gasteiger partial charge < -0.3 is 10.4 Å². The Kier molecular flexibility index (Phi) is 5.25. The minimum Gasteiger partial charge on any atom is -0.481 e. The maximum atomic E-state index is 10.5. The van der Waals surface area contributed by atoms with Crippen LogP contribution in [0.25, 0.3) is 0 Å². The van der Waals surface area contributed by atoms with Crippen LogP contribution in [0.2, 0.25) is 0 Å². The lowest BCUT2D eigenvalue weighted by Crippen LogP contribution is -2.32. The van der Waals surface area contributed by atoms with Gasteiger partial charge in [-0.05, 0) is 32.7 Å². The van der Waals surface area contributed by atoms with Crippen molar-refractivity contribution in [2.75, 3.05) is 7.05 Å². The fraction of sp³-hybridized carbons (Fsp3) is 0.875. The number of halogens is 1. The number of carbonyl (C=O) groups is 1. The van der Waals surface area contributed by atoms with E-state index in [1.54, 1.807) is 0 Å². The largest absolute Gasteiger partial charge is 0.481 e. The lowest BCUT2D eigenvalue weighted by molar-refractivity contribution is -0.142. The molecule has 0 bridgehead atoms. The summed E-state index contributed by atoms with van der Waals surface area (Å²) in [7, 11) is 1.94. The quantitative estimate of drug-likeness (QED) is 0.695. The number of aliphatic carboxylic acids is 1. The summed E-state index contributed by atoms with van der Waals surface area (Å²) in [5.74, 6) is -0.709. The van der Waals surface area contributed by atoms with E-state index in [-0.39, 0.29) is 18.3 Å². The molecule has 0 aromatic heterocycles. The monoisotopic (exact) mass is 193 g/mol. The standard InChI is InChI=1S/C8H15NO2.ClH/c1-9-7-4-2-6(3-5-7)8(10)11;/h6-7,9H,2-5H2,1H3,(H,10,11);1H/t6-,7-;. The molecule has 0 aromatic carbocycles. The van der Waals surface area contributed by atoms with Gasteiger partial charge in [-0.2, -0.15) is 0 Å². The molecule has 0 amide bonds. The van der Waals surface area contributed by atoms with Crippen molar-refractivity contribution >= 4 is 18.4 Å². The number of nitrogens with one attached hydrogen (secondary N) is 1. The van der Waals surface area contributed by atoms with Gasteiger partial charge in [0.15, 0.2) is 0 Å². The Morgan fingerprint density at radius 2 is 1.83 bits per heavy atom. The zero-order valence-corrected chi connectivity index (χ0v) is 8.06. The third-order valence-electron chi connectivity index (χ3n) is 2.48. The first-order chi connectivity index (χ1) is 5.24. The smallest absolute Gasteiger partial charge is 0.306 e. The SMILES string of the molecule is CN[C@H]1CC[C@H](C(=O)O)CC1.Cl. The Bertz CT molecular complexity index is 144. The maximum absolute atomic E-state index is 10.5. The Morgan fingerprint density at radius 1 is 1.33 bits per heavy atom. The first-order valence-electron chi connectivity index (χ1n) is 4.14. The van der Waals surface area contributed by atoms with Crippen molar-refractivity contribution in [2.24, 2.45) is 5.92 Å². The van der Waals surface area contributed by atoms with Gasteiger partial charge in [-0.15, -0.1) is 12.4 Å². The summed E-state index contributed by atoms with van der Waals surface area (Å²) in [5, 5.41) is 11.8. The van der Waals surface area contributed by atoms with E-state index in [2.05, 4.69) is 5.32 Å². The summed E-state index contributed by atoms with van der Waals surface area (Å²) >= 11 is 0. The predicted molar refractivity (Wildman–Crippen MR) is 49.7 cm³/mol. The van der Waals surface area contributed by atoms with E-state index in [4.69, 9.17) is 5.11 Å². The summed E-state index contributed by atoms with van der Waals surface area (Å²) in [6.07, 6.45) is 3.68. The number of hydrogen-bond donors (Lipinski definition) is 2. The molecule has 1 saturated carbocycles. The Labute approximate surface area is 78.9 Å². The van der Waals surface area contributed by atoms with Crippen LogP contribution >= 0.6 is 12.4 Å². The highest BCUT2D eigenvalue weighted by Gasteiger charge is 2.24. The highest BCUT2D eigenvalue weighted by Crippen LogP contribution is 2.23.